The highest BCUT2D eigenvalue weighted by Gasteiger charge is 2.24. The summed E-state index contributed by atoms with van der Waals surface area (Å²) < 4.78 is 5.44. The summed E-state index contributed by atoms with van der Waals surface area (Å²) in [6.07, 6.45) is 0.168. The summed E-state index contributed by atoms with van der Waals surface area (Å²) in [5.41, 5.74) is 0.583. The maximum Gasteiger partial charge on any atom is 0.407 e. The SMILES string of the molecule is Cc1cnc(NCC2CN(C(=O)O)CCO2)c([N+](=O)[O-])c1. The monoisotopic (exact) mass is 296 g/mol. The van der Waals surface area contributed by atoms with Gasteiger partial charge < -0.3 is 20.1 Å². The van der Waals surface area contributed by atoms with E-state index < -0.39 is 11.0 Å². The van der Waals surface area contributed by atoms with E-state index in [0.29, 0.717) is 18.7 Å². The predicted octanol–water partition coefficient (Wildman–Crippen LogP) is 1.09. The third-order valence-electron chi connectivity index (χ3n) is 3.11. The van der Waals surface area contributed by atoms with E-state index in [0.717, 1.165) is 0 Å². The molecule has 0 radical (unpaired) electrons. The molecule has 9 heteroatoms. The number of nitrogens with zero attached hydrogens (tertiary/aromatic N) is 3. The molecule has 0 aliphatic carbocycles. The van der Waals surface area contributed by atoms with Gasteiger partial charge in [0.2, 0.25) is 5.82 Å². The third-order valence-corrected chi connectivity index (χ3v) is 3.11. The van der Waals surface area contributed by atoms with Crippen molar-refractivity contribution in [1.29, 1.82) is 0 Å². The smallest absolute Gasteiger partial charge is 0.407 e. The van der Waals surface area contributed by atoms with Gasteiger partial charge in [-0.1, -0.05) is 0 Å². The largest absolute Gasteiger partial charge is 0.465 e. The lowest BCUT2D eigenvalue weighted by molar-refractivity contribution is -0.384. The summed E-state index contributed by atoms with van der Waals surface area (Å²) in [5, 5.41) is 22.8. The summed E-state index contributed by atoms with van der Waals surface area (Å²) in [5.74, 6) is 0.154. The van der Waals surface area contributed by atoms with Crippen LogP contribution in [0.2, 0.25) is 0 Å². The Morgan fingerprint density at radius 2 is 2.48 bits per heavy atom. The van der Waals surface area contributed by atoms with Gasteiger partial charge in [-0.3, -0.25) is 10.1 Å². The number of carboxylic acid groups (broad SMARTS) is 1. The van der Waals surface area contributed by atoms with Crippen LogP contribution in [0.3, 0.4) is 0 Å². The highest BCUT2D eigenvalue weighted by atomic mass is 16.6. The number of rotatable bonds is 4. The van der Waals surface area contributed by atoms with Crippen LogP contribution in [-0.2, 0) is 4.74 Å². The molecule has 1 atom stereocenters. The van der Waals surface area contributed by atoms with Gasteiger partial charge >= 0.3 is 11.8 Å². The molecule has 21 heavy (non-hydrogen) atoms. The van der Waals surface area contributed by atoms with Crippen molar-refractivity contribution in [2.45, 2.75) is 13.0 Å². The van der Waals surface area contributed by atoms with Crippen LogP contribution in [0.25, 0.3) is 0 Å². The van der Waals surface area contributed by atoms with Crippen molar-refractivity contribution >= 4 is 17.6 Å². The highest BCUT2D eigenvalue weighted by Crippen LogP contribution is 2.22. The minimum atomic E-state index is -0.997. The zero-order valence-electron chi connectivity index (χ0n) is 11.5. The maximum absolute atomic E-state index is 11.0. The number of ether oxygens (including phenoxy) is 1. The average molecular weight is 296 g/mol. The Morgan fingerprint density at radius 1 is 1.71 bits per heavy atom. The molecule has 2 rings (SSSR count). The number of pyridine rings is 1. The van der Waals surface area contributed by atoms with Crippen LogP contribution in [0.1, 0.15) is 5.56 Å². The molecule has 0 aromatic carbocycles. The van der Waals surface area contributed by atoms with Crippen molar-refractivity contribution in [3.05, 3.63) is 27.9 Å². The minimum absolute atomic E-state index is 0.110. The second kappa shape index (κ2) is 6.35. The van der Waals surface area contributed by atoms with Crippen LogP contribution in [0.5, 0.6) is 0 Å². The number of anilines is 1. The van der Waals surface area contributed by atoms with Crippen LogP contribution in [-0.4, -0.2) is 58.4 Å². The van der Waals surface area contributed by atoms with Crippen molar-refractivity contribution in [3.8, 4) is 0 Å². The van der Waals surface area contributed by atoms with Gasteiger partial charge in [0.1, 0.15) is 0 Å². The second-order valence-electron chi connectivity index (χ2n) is 4.74. The van der Waals surface area contributed by atoms with E-state index in [9.17, 15) is 14.9 Å². The maximum atomic E-state index is 11.0. The van der Waals surface area contributed by atoms with Gasteiger partial charge in [-0.05, 0) is 12.5 Å². The number of aryl methyl sites for hydroxylation is 1. The number of morpholine rings is 1. The van der Waals surface area contributed by atoms with Gasteiger partial charge in [0.15, 0.2) is 0 Å². The van der Waals surface area contributed by atoms with E-state index >= 15 is 0 Å². The Morgan fingerprint density at radius 3 is 3.14 bits per heavy atom. The lowest BCUT2D eigenvalue weighted by atomic mass is 10.2. The van der Waals surface area contributed by atoms with E-state index in [1.54, 1.807) is 6.92 Å². The number of hydrogen-bond acceptors (Lipinski definition) is 6. The molecule has 114 valence electrons. The summed E-state index contributed by atoms with van der Waals surface area (Å²) in [4.78, 5) is 26.6. The molecule has 2 N–H and O–H groups in total. The van der Waals surface area contributed by atoms with E-state index in [4.69, 9.17) is 9.84 Å². The van der Waals surface area contributed by atoms with Crippen molar-refractivity contribution in [2.24, 2.45) is 0 Å². The van der Waals surface area contributed by atoms with Crippen LogP contribution in [0.4, 0.5) is 16.3 Å². The molecular formula is C12H16N4O5. The van der Waals surface area contributed by atoms with Crippen LogP contribution in [0, 0.1) is 17.0 Å². The van der Waals surface area contributed by atoms with E-state index in [1.165, 1.54) is 17.2 Å². The van der Waals surface area contributed by atoms with Crippen LogP contribution < -0.4 is 5.32 Å². The molecule has 2 heterocycles. The second-order valence-corrected chi connectivity index (χ2v) is 4.74. The molecule has 1 unspecified atom stereocenters. The fraction of sp³-hybridized carbons (Fsp3) is 0.500. The average Bonchev–Trinajstić information content (AvgIpc) is 2.46. The van der Waals surface area contributed by atoms with Gasteiger partial charge in [-0.2, -0.15) is 0 Å². The number of carbonyl (C=O) groups is 1. The van der Waals surface area contributed by atoms with Crippen molar-refractivity contribution in [1.82, 2.24) is 9.88 Å². The fourth-order valence-corrected chi connectivity index (χ4v) is 2.06. The first kappa shape index (κ1) is 15.0. The molecular weight excluding hydrogens is 280 g/mol. The van der Waals surface area contributed by atoms with E-state index in [2.05, 4.69) is 10.3 Å². The quantitative estimate of drug-likeness (QED) is 0.630. The Kier molecular flexibility index (Phi) is 4.53. The van der Waals surface area contributed by atoms with Crippen LogP contribution >= 0.6 is 0 Å². The zero-order valence-corrected chi connectivity index (χ0v) is 11.5. The molecule has 1 aliphatic rings. The number of hydrogen-bond donors (Lipinski definition) is 2. The summed E-state index contributed by atoms with van der Waals surface area (Å²) >= 11 is 0. The molecule has 1 fully saturated rings. The van der Waals surface area contributed by atoms with Gasteiger partial charge in [0.25, 0.3) is 0 Å². The van der Waals surface area contributed by atoms with Gasteiger partial charge in [-0.25, -0.2) is 9.78 Å². The first-order valence-electron chi connectivity index (χ1n) is 6.41. The Balaban J connectivity index is 2.00. The highest BCUT2D eigenvalue weighted by molar-refractivity contribution is 5.65. The molecule has 0 saturated carbocycles. The fourth-order valence-electron chi connectivity index (χ4n) is 2.06. The summed E-state index contributed by atoms with van der Waals surface area (Å²) in [7, 11) is 0. The van der Waals surface area contributed by atoms with E-state index in [-0.39, 0.29) is 30.7 Å². The normalized spacial score (nSPS) is 18.3. The Bertz CT molecular complexity index is 550. The van der Waals surface area contributed by atoms with Crippen molar-refractivity contribution in [2.75, 3.05) is 31.6 Å². The topological polar surface area (TPSA) is 118 Å². The minimum Gasteiger partial charge on any atom is -0.465 e. The molecule has 9 nitrogen and oxygen atoms in total. The van der Waals surface area contributed by atoms with Gasteiger partial charge in [0, 0.05) is 25.4 Å². The van der Waals surface area contributed by atoms with Crippen molar-refractivity contribution in [3.63, 3.8) is 0 Å². The van der Waals surface area contributed by atoms with Crippen LogP contribution in [0.15, 0.2) is 12.3 Å². The molecule has 0 bridgehead atoms. The Hall–Kier alpha value is -2.42. The molecule has 1 aromatic rings. The number of nitro groups is 1. The van der Waals surface area contributed by atoms with Gasteiger partial charge in [-0.15, -0.1) is 0 Å². The first-order chi connectivity index (χ1) is 9.97. The number of nitrogens with one attached hydrogen (secondary N) is 1. The Labute approximate surface area is 120 Å². The summed E-state index contributed by atoms with van der Waals surface area (Å²) in [6, 6.07) is 1.43. The molecule has 1 amide bonds. The van der Waals surface area contributed by atoms with Gasteiger partial charge in [0.05, 0.1) is 24.2 Å². The lowest BCUT2D eigenvalue weighted by Gasteiger charge is -2.31. The third kappa shape index (κ3) is 3.78. The van der Waals surface area contributed by atoms with E-state index in [1.807, 2.05) is 0 Å². The van der Waals surface area contributed by atoms with Crippen molar-refractivity contribution < 1.29 is 19.6 Å². The molecule has 1 saturated heterocycles. The number of aromatic nitrogens is 1. The molecule has 0 spiro atoms. The zero-order chi connectivity index (χ0) is 15.4. The molecule has 1 aliphatic heterocycles. The standard InChI is InChI=1S/C12H16N4O5/c1-8-4-10(16(19)20)11(13-5-8)14-6-9-7-15(12(17)18)2-3-21-9/h4-5,9H,2-3,6-7H2,1H3,(H,13,14)(H,17,18). The predicted molar refractivity (Wildman–Crippen MR) is 73.5 cm³/mol. The number of amides is 1. The molecule has 1 aromatic heterocycles. The summed E-state index contributed by atoms with van der Waals surface area (Å²) in [6.45, 7) is 2.83. The first-order valence-corrected chi connectivity index (χ1v) is 6.41. The lowest BCUT2D eigenvalue weighted by Crippen LogP contribution is -2.47.